The van der Waals surface area contributed by atoms with Crippen LogP contribution in [-0.2, 0) is 16.6 Å². The summed E-state index contributed by atoms with van der Waals surface area (Å²) >= 11 is 11.6. The Hall–Kier alpha value is -1.34. The molecular formula is C13H11Cl2FN2O2S. The molecule has 0 saturated heterocycles. The monoisotopic (exact) mass is 348 g/mol. The molecule has 21 heavy (non-hydrogen) atoms. The fraction of sp³-hybridized carbons (Fsp3) is 0.0769. The number of rotatable bonds is 4. The zero-order valence-electron chi connectivity index (χ0n) is 10.6. The zero-order valence-corrected chi connectivity index (χ0v) is 12.9. The normalized spacial score (nSPS) is 11.4. The minimum absolute atomic E-state index is 0.0782. The third-order valence-electron chi connectivity index (χ3n) is 2.73. The number of nitrogens with two attached hydrogens (primary N) is 1. The summed E-state index contributed by atoms with van der Waals surface area (Å²) in [6.45, 7) is -0.0782. The van der Waals surface area contributed by atoms with Gasteiger partial charge >= 0.3 is 0 Å². The summed E-state index contributed by atoms with van der Waals surface area (Å²) in [4.78, 5) is -0.273. The Bertz CT molecular complexity index is 782. The minimum atomic E-state index is -4.00. The van der Waals surface area contributed by atoms with Gasteiger partial charge in [-0.3, -0.25) is 4.72 Å². The van der Waals surface area contributed by atoms with E-state index in [2.05, 4.69) is 4.72 Å². The van der Waals surface area contributed by atoms with Gasteiger partial charge < -0.3 is 5.73 Å². The van der Waals surface area contributed by atoms with Crippen molar-refractivity contribution in [2.24, 2.45) is 5.73 Å². The van der Waals surface area contributed by atoms with Gasteiger partial charge in [0, 0.05) is 6.54 Å². The second kappa shape index (κ2) is 6.19. The van der Waals surface area contributed by atoms with E-state index in [-0.39, 0.29) is 32.7 Å². The molecule has 112 valence electrons. The molecule has 2 aromatic carbocycles. The van der Waals surface area contributed by atoms with Gasteiger partial charge in [-0.05, 0) is 29.8 Å². The molecule has 2 aromatic rings. The molecule has 0 saturated carbocycles. The van der Waals surface area contributed by atoms with Crippen molar-refractivity contribution in [2.45, 2.75) is 11.4 Å². The average Bonchev–Trinajstić information content (AvgIpc) is 2.44. The van der Waals surface area contributed by atoms with Crippen LogP contribution >= 0.6 is 23.2 Å². The van der Waals surface area contributed by atoms with Gasteiger partial charge in [0.2, 0.25) is 0 Å². The van der Waals surface area contributed by atoms with Gasteiger partial charge in [0.15, 0.2) is 0 Å². The van der Waals surface area contributed by atoms with Crippen molar-refractivity contribution in [2.75, 3.05) is 4.72 Å². The van der Waals surface area contributed by atoms with E-state index in [0.717, 1.165) is 6.07 Å². The quantitative estimate of drug-likeness (QED) is 0.889. The van der Waals surface area contributed by atoms with Gasteiger partial charge in [0.1, 0.15) is 5.82 Å². The Labute approximate surface area is 131 Å². The van der Waals surface area contributed by atoms with Crippen LogP contribution in [0.4, 0.5) is 10.1 Å². The largest absolute Gasteiger partial charge is 0.326 e. The molecule has 0 atom stereocenters. The van der Waals surface area contributed by atoms with Crippen molar-refractivity contribution in [3.05, 3.63) is 57.8 Å². The van der Waals surface area contributed by atoms with E-state index >= 15 is 0 Å². The zero-order chi connectivity index (χ0) is 15.6. The van der Waals surface area contributed by atoms with Crippen LogP contribution in [0.15, 0.2) is 41.3 Å². The van der Waals surface area contributed by atoms with Crippen LogP contribution in [0.2, 0.25) is 10.0 Å². The first-order chi connectivity index (χ1) is 9.85. The molecule has 4 nitrogen and oxygen atoms in total. The molecule has 8 heteroatoms. The van der Waals surface area contributed by atoms with Crippen molar-refractivity contribution >= 4 is 38.9 Å². The third kappa shape index (κ3) is 3.47. The number of hydrogen-bond acceptors (Lipinski definition) is 3. The Morgan fingerprint density at radius 1 is 1.19 bits per heavy atom. The highest BCUT2D eigenvalue weighted by molar-refractivity contribution is 7.92. The van der Waals surface area contributed by atoms with Gasteiger partial charge in [0.05, 0.1) is 20.6 Å². The molecule has 0 spiro atoms. The maximum atomic E-state index is 13.7. The van der Waals surface area contributed by atoms with E-state index in [1.807, 2.05) is 0 Å². The molecule has 0 aromatic heterocycles. The number of sulfonamides is 1. The van der Waals surface area contributed by atoms with Gasteiger partial charge in [-0.1, -0.05) is 35.3 Å². The lowest BCUT2D eigenvalue weighted by Gasteiger charge is -2.11. The lowest BCUT2D eigenvalue weighted by molar-refractivity contribution is 0.594. The molecular weight excluding hydrogens is 338 g/mol. The highest BCUT2D eigenvalue weighted by atomic mass is 35.5. The Morgan fingerprint density at radius 3 is 2.48 bits per heavy atom. The summed E-state index contributed by atoms with van der Waals surface area (Å²) < 4.78 is 40.5. The maximum absolute atomic E-state index is 13.7. The number of anilines is 1. The van der Waals surface area contributed by atoms with Crippen molar-refractivity contribution in [3.63, 3.8) is 0 Å². The Morgan fingerprint density at radius 2 is 1.86 bits per heavy atom. The van der Waals surface area contributed by atoms with E-state index < -0.39 is 15.8 Å². The van der Waals surface area contributed by atoms with E-state index in [1.54, 1.807) is 12.1 Å². The fourth-order valence-corrected chi connectivity index (χ4v) is 3.24. The second-order valence-electron chi connectivity index (χ2n) is 4.17. The summed E-state index contributed by atoms with van der Waals surface area (Å²) in [5.41, 5.74) is 5.82. The van der Waals surface area contributed by atoms with Crippen molar-refractivity contribution in [3.8, 4) is 0 Å². The second-order valence-corrected chi connectivity index (χ2v) is 6.64. The van der Waals surface area contributed by atoms with Crippen LogP contribution in [0.1, 0.15) is 5.56 Å². The summed E-state index contributed by atoms with van der Waals surface area (Å²) in [5, 5.41) is 0.0451. The predicted octanol–water partition coefficient (Wildman–Crippen LogP) is 3.39. The summed E-state index contributed by atoms with van der Waals surface area (Å²) in [7, 11) is -4.00. The number of halogens is 3. The molecule has 0 aliphatic rings. The van der Waals surface area contributed by atoms with E-state index in [4.69, 9.17) is 28.9 Å². The molecule has 0 heterocycles. The number of benzene rings is 2. The van der Waals surface area contributed by atoms with Crippen molar-refractivity contribution in [1.82, 2.24) is 0 Å². The molecule has 0 radical (unpaired) electrons. The Kier molecular flexibility index (Phi) is 4.73. The average molecular weight is 349 g/mol. The SMILES string of the molecule is NCc1cc(S(=O)(=O)Nc2ccccc2Cl)cc(F)c1Cl. The molecule has 0 fully saturated rings. The molecule has 2 rings (SSSR count). The molecule has 0 unspecified atom stereocenters. The minimum Gasteiger partial charge on any atom is -0.326 e. The smallest absolute Gasteiger partial charge is 0.262 e. The predicted molar refractivity (Wildman–Crippen MR) is 81.6 cm³/mol. The summed E-state index contributed by atoms with van der Waals surface area (Å²) in [6.07, 6.45) is 0. The van der Waals surface area contributed by atoms with E-state index in [1.165, 1.54) is 18.2 Å². The van der Waals surface area contributed by atoms with Crippen LogP contribution in [0.5, 0.6) is 0 Å². The number of para-hydroxylation sites is 1. The number of hydrogen-bond donors (Lipinski definition) is 2. The van der Waals surface area contributed by atoms with Crippen LogP contribution in [0, 0.1) is 5.82 Å². The van der Waals surface area contributed by atoms with Gasteiger partial charge in [0.25, 0.3) is 10.0 Å². The molecule has 3 N–H and O–H groups in total. The van der Waals surface area contributed by atoms with E-state index in [9.17, 15) is 12.8 Å². The lowest BCUT2D eigenvalue weighted by Crippen LogP contribution is -2.14. The first-order valence-corrected chi connectivity index (χ1v) is 8.04. The Balaban J connectivity index is 2.45. The van der Waals surface area contributed by atoms with Crippen molar-refractivity contribution < 1.29 is 12.8 Å². The maximum Gasteiger partial charge on any atom is 0.262 e. The lowest BCUT2D eigenvalue weighted by atomic mass is 10.2. The number of nitrogens with one attached hydrogen (secondary N) is 1. The van der Waals surface area contributed by atoms with Crippen LogP contribution < -0.4 is 10.5 Å². The van der Waals surface area contributed by atoms with Crippen LogP contribution in [0.3, 0.4) is 0 Å². The fourth-order valence-electron chi connectivity index (χ4n) is 1.67. The standard InChI is InChI=1S/C13H11Cl2FN2O2S/c14-10-3-1-2-4-12(10)18-21(19,20)9-5-8(7-17)13(15)11(16)6-9/h1-6,18H,7,17H2. The first kappa shape index (κ1) is 16.0. The highest BCUT2D eigenvalue weighted by Crippen LogP contribution is 2.27. The molecule has 0 bridgehead atoms. The highest BCUT2D eigenvalue weighted by Gasteiger charge is 2.19. The molecule has 0 aliphatic carbocycles. The van der Waals surface area contributed by atoms with Gasteiger partial charge in [-0.15, -0.1) is 0 Å². The van der Waals surface area contributed by atoms with Gasteiger partial charge in [-0.25, -0.2) is 12.8 Å². The summed E-state index contributed by atoms with van der Waals surface area (Å²) in [6, 6.07) is 8.38. The molecule has 0 amide bonds. The van der Waals surface area contributed by atoms with Crippen molar-refractivity contribution in [1.29, 1.82) is 0 Å². The third-order valence-corrected chi connectivity index (χ3v) is 4.82. The summed E-state index contributed by atoms with van der Waals surface area (Å²) in [5.74, 6) is -0.848. The van der Waals surface area contributed by atoms with Gasteiger partial charge in [-0.2, -0.15) is 0 Å². The van der Waals surface area contributed by atoms with Crippen LogP contribution in [0.25, 0.3) is 0 Å². The molecule has 0 aliphatic heterocycles. The van der Waals surface area contributed by atoms with Crippen LogP contribution in [-0.4, -0.2) is 8.42 Å². The topological polar surface area (TPSA) is 72.2 Å². The first-order valence-electron chi connectivity index (χ1n) is 5.80. The van der Waals surface area contributed by atoms with E-state index in [0.29, 0.717) is 0 Å².